The van der Waals surface area contributed by atoms with Gasteiger partial charge in [0.1, 0.15) is 0 Å². The first-order valence-corrected chi connectivity index (χ1v) is 5.11. The van der Waals surface area contributed by atoms with E-state index in [-0.39, 0.29) is 18.4 Å². The van der Waals surface area contributed by atoms with Crippen LogP contribution in [-0.4, -0.2) is 18.2 Å². The molecule has 1 atom stereocenters. The molecule has 0 saturated carbocycles. The van der Waals surface area contributed by atoms with Gasteiger partial charge < -0.3 is 10.5 Å². The lowest BCUT2D eigenvalue weighted by molar-refractivity contribution is 0.0583. The Bertz CT molecular complexity index is 275. The first-order chi connectivity index (χ1) is 6.88. The summed E-state index contributed by atoms with van der Waals surface area (Å²) in [5.74, 6) is 0.549. The number of hydrogen-bond donors (Lipinski definition) is 1. The molecule has 1 saturated heterocycles. The van der Waals surface area contributed by atoms with Crippen LogP contribution in [0.15, 0.2) is 24.5 Å². The fraction of sp³-hybridized carbons (Fsp3) is 0.545. The summed E-state index contributed by atoms with van der Waals surface area (Å²) in [4.78, 5) is 4.09. The average molecular weight is 229 g/mol. The lowest BCUT2D eigenvalue weighted by Gasteiger charge is -2.27. The zero-order valence-corrected chi connectivity index (χ0v) is 9.45. The van der Waals surface area contributed by atoms with Crippen LogP contribution in [0, 0.1) is 5.92 Å². The minimum atomic E-state index is 0. The van der Waals surface area contributed by atoms with Crippen molar-refractivity contribution < 1.29 is 4.74 Å². The molecule has 3 nitrogen and oxygen atoms in total. The number of halogens is 1. The van der Waals surface area contributed by atoms with Crippen molar-refractivity contribution in [3.05, 3.63) is 30.1 Å². The number of aromatic nitrogens is 1. The third kappa shape index (κ3) is 3.16. The number of pyridine rings is 1. The molecule has 0 bridgehead atoms. The second-order valence-electron chi connectivity index (χ2n) is 3.76. The van der Waals surface area contributed by atoms with Crippen LogP contribution in [0.5, 0.6) is 0 Å². The highest BCUT2D eigenvalue weighted by molar-refractivity contribution is 5.85. The first kappa shape index (κ1) is 12.4. The normalized spacial score (nSPS) is 19.3. The van der Waals surface area contributed by atoms with Crippen LogP contribution in [0.4, 0.5) is 0 Å². The molecule has 0 aliphatic carbocycles. The van der Waals surface area contributed by atoms with E-state index in [4.69, 9.17) is 10.5 Å². The molecule has 1 aliphatic heterocycles. The van der Waals surface area contributed by atoms with E-state index in [0.717, 1.165) is 31.6 Å². The molecule has 1 fully saturated rings. The Balaban J connectivity index is 0.00000112. The molecule has 2 N–H and O–H groups in total. The van der Waals surface area contributed by atoms with Crippen molar-refractivity contribution >= 4 is 12.4 Å². The topological polar surface area (TPSA) is 48.1 Å². The SMILES string of the molecule is Cl.NC(c1cccnc1)C1CCOCC1. The van der Waals surface area contributed by atoms with E-state index in [9.17, 15) is 0 Å². The quantitative estimate of drug-likeness (QED) is 0.842. The summed E-state index contributed by atoms with van der Waals surface area (Å²) in [5.41, 5.74) is 7.31. The molecule has 1 aliphatic rings. The van der Waals surface area contributed by atoms with Crippen molar-refractivity contribution in [3.8, 4) is 0 Å². The summed E-state index contributed by atoms with van der Waals surface area (Å²) in [7, 11) is 0. The Hall–Kier alpha value is -0.640. The fourth-order valence-electron chi connectivity index (χ4n) is 1.92. The van der Waals surface area contributed by atoms with Gasteiger partial charge in [0.15, 0.2) is 0 Å². The minimum Gasteiger partial charge on any atom is -0.381 e. The lowest BCUT2D eigenvalue weighted by Crippen LogP contribution is -2.27. The van der Waals surface area contributed by atoms with E-state index in [2.05, 4.69) is 4.98 Å². The van der Waals surface area contributed by atoms with Crippen LogP contribution in [0.2, 0.25) is 0 Å². The van der Waals surface area contributed by atoms with Crippen LogP contribution in [0.1, 0.15) is 24.4 Å². The Morgan fingerprint density at radius 3 is 2.73 bits per heavy atom. The van der Waals surface area contributed by atoms with Gasteiger partial charge in [0.2, 0.25) is 0 Å². The first-order valence-electron chi connectivity index (χ1n) is 5.11. The predicted octanol–water partition coefficient (Wildman–Crippen LogP) is 1.93. The maximum absolute atomic E-state index is 6.17. The summed E-state index contributed by atoms with van der Waals surface area (Å²) in [6.07, 6.45) is 5.77. The molecule has 84 valence electrons. The summed E-state index contributed by atoms with van der Waals surface area (Å²) in [6.45, 7) is 1.69. The highest BCUT2D eigenvalue weighted by atomic mass is 35.5. The van der Waals surface area contributed by atoms with E-state index in [1.807, 2.05) is 18.3 Å². The van der Waals surface area contributed by atoms with Crippen LogP contribution >= 0.6 is 12.4 Å². The van der Waals surface area contributed by atoms with Gasteiger partial charge >= 0.3 is 0 Å². The van der Waals surface area contributed by atoms with E-state index < -0.39 is 0 Å². The van der Waals surface area contributed by atoms with Gasteiger partial charge in [-0.15, -0.1) is 12.4 Å². The van der Waals surface area contributed by atoms with Gasteiger partial charge in [-0.3, -0.25) is 4.98 Å². The van der Waals surface area contributed by atoms with Crippen LogP contribution in [0.25, 0.3) is 0 Å². The predicted molar refractivity (Wildman–Crippen MR) is 62.0 cm³/mol. The summed E-state index contributed by atoms with van der Waals surface area (Å²) >= 11 is 0. The number of nitrogens with zero attached hydrogens (tertiary/aromatic N) is 1. The largest absolute Gasteiger partial charge is 0.381 e. The Morgan fingerprint density at radius 1 is 1.40 bits per heavy atom. The maximum Gasteiger partial charge on any atom is 0.0469 e. The number of hydrogen-bond acceptors (Lipinski definition) is 3. The van der Waals surface area contributed by atoms with Crippen molar-refractivity contribution in [1.29, 1.82) is 0 Å². The Labute approximate surface area is 96.4 Å². The van der Waals surface area contributed by atoms with Gasteiger partial charge in [-0.1, -0.05) is 6.07 Å². The van der Waals surface area contributed by atoms with Gasteiger partial charge in [-0.2, -0.15) is 0 Å². The lowest BCUT2D eigenvalue weighted by atomic mass is 9.88. The van der Waals surface area contributed by atoms with Gasteiger partial charge in [-0.25, -0.2) is 0 Å². The average Bonchev–Trinajstić information content (AvgIpc) is 2.30. The molecule has 15 heavy (non-hydrogen) atoms. The molecular formula is C11H17ClN2O. The molecule has 0 amide bonds. The van der Waals surface area contributed by atoms with Crippen LogP contribution < -0.4 is 5.73 Å². The highest BCUT2D eigenvalue weighted by Crippen LogP contribution is 2.27. The van der Waals surface area contributed by atoms with Gasteiger partial charge in [-0.05, 0) is 30.4 Å². The fourth-order valence-corrected chi connectivity index (χ4v) is 1.92. The molecule has 0 aromatic carbocycles. The second kappa shape index (κ2) is 6.05. The minimum absolute atomic E-state index is 0. The molecular weight excluding hydrogens is 212 g/mol. The molecule has 0 spiro atoms. The second-order valence-corrected chi connectivity index (χ2v) is 3.76. The standard InChI is InChI=1S/C11H16N2O.ClH/c12-11(9-3-6-14-7-4-9)10-2-1-5-13-8-10;/h1-2,5,8-9,11H,3-4,6-7,12H2;1H. The summed E-state index contributed by atoms with van der Waals surface area (Å²) < 4.78 is 5.31. The third-order valence-electron chi connectivity index (χ3n) is 2.84. The number of nitrogens with two attached hydrogens (primary N) is 1. The van der Waals surface area contributed by atoms with Crippen LogP contribution in [0.3, 0.4) is 0 Å². The summed E-state index contributed by atoms with van der Waals surface area (Å²) in [5, 5.41) is 0. The smallest absolute Gasteiger partial charge is 0.0469 e. The van der Waals surface area contributed by atoms with Gasteiger partial charge in [0.25, 0.3) is 0 Å². The number of rotatable bonds is 2. The maximum atomic E-state index is 6.17. The molecule has 0 radical (unpaired) electrons. The third-order valence-corrected chi connectivity index (χ3v) is 2.84. The van der Waals surface area contributed by atoms with E-state index in [0.29, 0.717) is 5.92 Å². The van der Waals surface area contributed by atoms with Crippen molar-refractivity contribution in [2.24, 2.45) is 11.7 Å². The zero-order chi connectivity index (χ0) is 9.80. The Morgan fingerprint density at radius 2 is 2.13 bits per heavy atom. The molecule has 1 aromatic heterocycles. The zero-order valence-electron chi connectivity index (χ0n) is 8.63. The molecule has 4 heteroatoms. The van der Waals surface area contributed by atoms with E-state index >= 15 is 0 Å². The molecule has 2 heterocycles. The van der Waals surface area contributed by atoms with Crippen molar-refractivity contribution in [2.75, 3.05) is 13.2 Å². The summed E-state index contributed by atoms with van der Waals surface area (Å²) in [6, 6.07) is 4.11. The molecule has 1 unspecified atom stereocenters. The van der Waals surface area contributed by atoms with Gasteiger partial charge in [0.05, 0.1) is 0 Å². The molecule has 2 rings (SSSR count). The highest BCUT2D eigenvalue weighted by Gasteiger charge is 2.21. The van der Waals surface area contributed by atoms with Gasteiger partial charge in [0, 0.05) is 31.6 Å². The van der Waals surface area contributed by atoms with E-state index in [1.54, 1.807) is 6.20 Å². The van der Waals surface area contributed by atoms with E-state index in [1.165, 1.54) is 0 Å². The number of ether oxygens (including phenoxy) is 1. The van der Waals surface area contributed by atoms with Crippen molar-refractivity contribution in [3.63, 3.8) is 0 Å². The van der Waals surface area contributed by atoms with Crippen molar-refractivity contribution in [1.82, 2.24) is 4.98 Å². The van der Waals surface area contributed by atoms with Crippen LogP contribution in [-0.2, 0) is 4.74 Å². The van der Waals surface area contributed by atoms with Crippen molar-refractivity contribution in [2.45, 2.75) is 18.9 Å². The monoisotopic (exact) mass is 228 g/mol. The molecule has 1 aromatic rings. The Kier molecular flexibility index (Phi) is 5.02.